The molecular formula is C22H24N2S. The lowest BCUT2D eigenvalue weighted by atomic mass is 9.81. The van der Waals surface area contributed by atoms with Crippen molar-refractivity contribution in [2.24, 2.45) is 5.92 Å². The van der Waals surface area contributed by atoms with Crippen LogP contribution in [-0.4, -0.2) is 10.0 Å². The highest BCUT2D eigenvalue weighted by Gasteiger charge is 2.34. The molecule has 0 aromatic heterocycles. The van der Waals surface area contributed by atoms with Crippen LogP contribution in [0, 0.1) is 5.92 Å². The fraction of sp³-hybridized carbons (Fsp3) is 0.318. The summed E-state index contributed by atoms with van der Waals surface area (Å²) in [7, 11) is 0. The Hall–Kier alpha value is -2.13. The van der Waals surface area contributed by atoms with Gasteiger partial charge < -0.3 is 10.2 Å². The molecule has 1 aliphatic heterocycles. The summed E-state index contributed by atoms with van der Waals surface area (Å²) in [5.41, 5.74) is 5.58. The van der Waals surface area contributed by atoms with Gasteiger partial charge in [0.05, 0.1) is 6.04 Å². The minimum Gasteiger partial charge on any atom is -0.352 e. The topological polar surface area (TPSA) is 15.3 Å². The summed E-state index contributed by atoms with van der Waals surface area (Å²) in [5, 5.41) is 4.48. The highest BCUT2D eigenvalue weighted by Crippen LogP contribution is 2.41. The lowest BCUT2D eigenvalue weighted by Crippen LogP contribution is -2.47. The predicted octanol–water partition coefficient (Wildman–Crippen LogP) is 5.19. The molecule has 0 radical (unpaired) electrons. The first kappa shape index (κ1) is 16.3. The average Bonchev–Trinajstić information content (AvgIpc) is 2.65. The van der Waals surface area contributed by atoms with Crippen molar-refractivity contribution in [3.63, 3.8) is 0 Å². The van der Waals surface area contributed by atoms with Crippen LogP contribution in [0.1, 0.15) is 43.4 Å². The smallest absolute Gasteiger partial charge is 0.174 e. The van der Waals surface area contributed by atoms with E-state index in [2.05, 4.69) is 77.8 Å². The molecule has 0 saturated heterocycles. The number of rotatable bonds is 3. The molecule has 0 spiro atoms. The largest absolute Gasteiger partial charge is 0.352 e. The summed E-state index contributed by atoms with van der Waals surface area (Å²) in [5.74, 6) is 0.733. The minimum atomic E-state index is 0.221. The molecule has 0 fully saturated rings. The summed E-state index contributed by atoms with van der Waals surface area (Å²) in [6.07, 6.45) is 3.51. The first-order chi connectivity index (χ1) is 12.2. The Morgan fingerprint density at radius 2 is 1.72 bits per heavy atom. The second-order valence-corrected chi connectivity index (χ2v) is 7.57. The summed E-state index contributed by atoms with van der Waals surface area (Å²) < 4.78 is 0. The van der Waals surface area contributed by atoms with Gasteiger partial charge in [0.15, 0.2) is 5.11 Å². The van der Waals surface area contributed by atoms with E-state index in [-0.39, 0.29) is 6.04 Å². The third kappa shape index (κ3) is 3.34. The molecule has 0 bridgehead atoms. The van der Waals surface area contributed by atoms with E-state index < -0.39 is 0 Å². The van der Waals surface area contributed by atoms with Crippen LogP contribution in [0.2, 0.25) is 0 Å². The number of benzene rings is 2. The Morgan fingerprint density at radius 3 is 2.44 bits per heavy atom. The van der Waals surface area contributed by atoms with Crippen molar-refractivity contribution in [2.75, 3.05) is 0 Å². The molecule has 1 aliphatic carbocycles. The van der Waals surface area contributed by atoms with Crippen molar-refractivity contribution in [1.82, 2.24) is 10.2 Å². The Kier molecular flexibility index (Phi) is 4.58. The molecule has 1 N–H and O–H groups in total. The number of hydrogen-bond acceptors (Lipinski definition) is 1. The standard InChI is InChI=1S/C22H24N2S/c1-16-12-13-20-19(14-16)21(18-10-6-3-7-11-18)23-22(25)24(20)15-17-8-4-2-5-9-17/h2-11,16,21H,12-15H2,1H3,(H,23,25)/t16?,21-/m1/s1. The Bertz CT molecular complexity index is 782. The van der Waals surface area contributed by atoms with Crippen molar-refractivity contribution < 1.29 is 0 Å². The van der Waals surface area contributed by atoms with Crippen molar-refractivity contribution in [3.8, 4) is 0 Å². The Balaban J connectivity index is 1.72. The fourth-order valence-corrected chi connectivity index (χ4v) is 4.30. The zero-order valence-corrected chi connectivity index (χ0v) is 15.4. The van der Waals surface area contributed by atoms with Gasteiger partial charge in [0.2, 0.25) is 0 Å². The maximum atomic E-state index is 5.78. The van der Waals surface area contributed by atoms with Crippen LogP contribution >= 0.6 is 12.2 Å². The molecule has 128 valence electrons. The van der Waals surface area contributed by atoms with Gasteiger partial charge in [0, 0.05) is 12.2 Å². The molecule has 3 heteroatoms. The van der Waals surface area contributed by atoms with Gasteiger partial charge in [-0.25, -0.2) is 0 Å². The van der Waals surface area contributed by atoms with Gasteiger partial charge in [0.1, 0.15) is 0 Å². The zero-order chi connectivity index (χ0) is 17.2. The molecule has 2 aromatic rings. The van der Waals surface area contributed by atoms with Crippen LogP contribution in [0.3, 0.4) is 0 Å². The Morgan fingerprint density at radius 1 is 1.04 bits per heavy atom. The number of nitrogens with zero attached hydrogens (tertiary/aromatic N) is 1. The average molecular weight is 349 g/mol. The second kappa shape index (κ2) is 7.01. The first-order valence-corrected chi connectivity index (χ1v) is 9.52. The fourth-order valence-electron chi connectivity index (χ4n) is 4.01. The van der Waals surface area contributed by atoms with E-state index >= 15 is 0 Å². The van der Waals surface area contributed by atoms with E-state index in [1.165, 1.54) is 28.8 Å². The van der Waals surface area contributed by atoms with Crippen LogP contribution in [0.5, 0.6) is 0 Å². The molecule has 4 rings (SSSR count). The normalized spacial score (nSPS) is 23.2. The van der Waals surface area contributed by atoms with E-state index in [9.17, 15) is 0 Å². The quantitative estimate of drug-likeness (QED) is 0.768. The van der Waals surface area contributed by atoms with Crippen molar-refractivity contribution in [2.45, 2.75) is 38.8 Å². The Labute approximate surface area is 155 Å². The van der Waals surface area contributed by atoms with Crippen LogP contribution in [0.15, 0.2) is 71.9 Å². The van der Waals surface area contributed by atoms with Crippen molar-refractivity contribution in [1.29, 1.82) is 0 Å². The molecule has 25 heavy (non-hydrogen) atoms. The van der Waals surface area contributed by atoms with E-state index in [4.69, 9.17) is 12.2 Å². The summed E-state index contributed by atoms with van der Waals surface area (Å²) in [4.78, 5) is 2.32. The van der Waals surface area contributed by atoms with Gasteiger partial charge in [-0.3, -0.25) is 0 Å². The van der Waals surface area contributed by atoms with Crippen molar-refractivity contribution in [3.05, 3.63) is 83.1 Å². The molecule has 1 unspecified atom stereocenters. The van der Waals surface area contributed by atoms with E-state index in [1.54, 1.807) is 0 Å². The lowest BCUT2D eigenvalue weighted by Gasteiger charge is -2.43. The van der Waals surface area contributed by atoms with E-state index in [0.717, 1.165) is 30.4 Å². The SMILES string of the molecule is CC1CCC2=C(C1)[C@@H](c1ccccc1)NC(=S)N2Cc1ccccc1. The number of hydrogen-bond donors (Lipinski definition) is 1. The monoisotopic (exact) mass is 348 g/mol. The third-order valence-electron chi connectivity index (χ3n) is 5.32. The molecule has 2 aliphatic rings. The maximum absolute atomic E-state index is 5.78. The van der Waals surface area contributed by atoms with Gasteiger partial charge in [0.25, 0.3) is 0 Å². The van der Waals surface area contributed by atoms with Gasteiger partial charge in [-0.2, -0.15) is 0 Å². The van der Waals surface area contributed by atoms with Gasteiger partial charge in [-0.05, 0) is 54.1 Å². The number of thiocarbonyl (C=S) groups is 1. The molecule has 2 atom stereocenters. The lowest BCUT2D eigenvalue weighted by molar-refractivity contribution is 0.361. The van der Waals surface area contributed by atoms with Crippen LogP contribution in [-0.2, 0) is 6.54 Å². The highest BCUT2D eigenvalue weighted by molar-refractivity contribution is 7.80. The van der Waals surface area contributed by atoms with E-state index in [0.29, 0.717) is 0 Å². The van der Waals surface area contributed by atoms with E-state index in [1.807, 2.05) is 0 Å². The van der Waals surface area contributed by atoms with Gasteiger partial charge >= 0.3 is 0 Å². The molecule has 2 aromatic carbocycles. The molecular weight excluding hydrogens is 324 g/mol. The predicted molar refractivity (Wildman–Crippen MR) is 107 cm³/mol. The van der Waals surface area contributed by atoms with Gasteiger partial charge in [-0.15, -0.1) is 0 Å². The summed E-state index contributed by atoms with van der Waals surface area (Å²) in [6, 6.07) is 21.6. The van der Waals surface area contributed by atoms with Gasteiger partial charge in [-0.1, -0.05) is 67.6 Å². The van der Waals surface area contributed by atoms with Crippen LogP contribution in [0.4, 0.5) is 0 Å². The second-order valence-electron chi connectivity index (χ2n) is 7.18. The zero-order valence-electron chi connectivity index (χ0n) is 14.6. The first-order valence-electron chi connectivity index (χ1n) is 9.11. The van der Waals surface area contributed by atoms with Crippen molar-refractivity contribution >= 4 is 17.3 Å². The van der Waals surface area contributed by atoms with Crippen LogP contribution in [0.25, 0.3) is 0 Å². The number of nitrogens with one attached hydrogen (secondary N) is 1. The third-order valence-corrected chi connectivity index (χ3v) is 5.65. The number of allylic oxidation sites excluding steroid dienone is 1. The summed E-state index contributed by atoms with van der Waals surface area (Å²) in [6.45, 7) is 3.21. The molecule has 1 heterocycles. The minimum absolute atomic E-state index is 0.221. The molecule has 0 saturated carbocycles. The molecule has 0 amide bonds. The maximum Gasteiger partial charge on any atom is 0.174 e. The molecule has 2 nitrogen and oxygen atoms in total. The summed E-state index contributed by atoms with van der Waals surface area (Å²) >= 11 is 5.78. The highest BCUT2D eigenvalue weighted by atomic mass is 32.1. The van der Waals surface area contributed by atoms with Crippen LogP contribution < -0.4 is 5.32 Å².